The summed E-state index contributed by atoms with van der Waals surface area (Å²) in [5.41, 5.74) is 0.233. The van der Waals surface area contributed by atoms with Crippen LogP contribution in [0.4, 0.5) is 10.2 Å². The van der Waals surface area contributed by atoms with Gasteiger partial charge in [0.05, 0.1) is 6.54 Å². The van der Waals surface area contributed by atoms with Crippen LogP contribution in [0, 0.1) is 5.82 Å². The zero-order valence-corrected chi connectivity index (χ0v) is 12.8. The minimum atomic E-state index is -3.69. The number of benzene rings is 1. The highest BCUT2D eigenvalue weighted by Gasteiger charge is 2.12. The van der Waals surface area contributed by atoms with Crippen molar-refractivity contribution in [3.8, 4) is 0 Å². The van der Waals surface area contributed by atoms with E-state index in [1.165, 1.54) is 18.5 Å². The number of hydrogen-bond acceptors (Lipinski definition) is 6. The molecule has 0 saturated heterocycles. The summed E-state index contributed by atoms with van der Waals surface area (Å²) in [6, 6.07) is 7.74. The van der Waals surface area contributed by atoms with Crippen LogP contribution in [0.5, 0.6) is 0 Å². The summed E-state index contributed by atoms with van der Waals surface area (Å²) in [5.74, 6) is 0.0608. The summed E-state index contributed by atoms with van der Waals surface area (Å²) in [6.45, 7) is 0.350. The minimum absolute atomic E-state index is 0.0999. The molecule has 2 heterocycles. The Hall–Kier alpha value is -2.10. The molecule has 0 atom stereocenters. The highest BCUT2D eigenvalue weighted by Crippen LogP contribution is 2.24. The van der Waals surface area contributed by atoms with Gasteiger partial charge in [-0.1, -0.05) is 6.07 Å². The van der Waals surface area contributed by atoms with Gasteiger partial charge in [0.1, 0.15) is 27.7 Å². The van der Waals surface area contributed by atoms with Crippen LogP contribution in [0.25, 0.3) is 10.9 Å². The second-order valence-corrected chi connectivity index (χ2v) is 7.43. The zero-order valence-electron chi connectivity index (χ0n) is 11.2. The van der Waals surface area contributed by atoms with Gasteiger partial charge in [0.2, 0.25) is 10.0 Å². The molecule has 6 nitrogen and oxygen atoms in total. The standard InChI is InChI=1S/C13H11FN4O2S2/c14-10-3-1-2-9-12(10)17-7-18-13(9)16-6-8-4-5-11(21-8)22(15,19)20/h1-5,7H,6H2,(H2,15,19,20)(H,16,17,18). The average molecular weight is 338 g/mol. The van der Waals surface area contributed by atoms with Gasteiger partial charge < -0.3 is 5.32 Å². The van der Waals surface area contributed by atoms with Crippen LogP contribution in [0.2, 0.25) is 0 Å². The number of nitrogens with one attached hydrogen (secondary N) is 1. The SMILES string of the molecule is NS(=O)(=O)c1ccc(CNc2ncnc3c(F)cccc23)s1. The molecule has 3 N–H and O–H groups in total. The maximum Gasteiger partial charge on any atom is 0.247 e. The van der Waals surface area contributed by atoms with Gasteiger partial charge in [0.15, 0.2) is 0 Å². The van der Waals surface area contributed by atoms with Crippen LogP contribution in [0.15, 0.2) is 40.9 Å². The Morgan fingerprint density at radius 1 is 1.23 bits per heavy atom. The molecule has 0 spiro atoms. The van der Waals surface area contributed by atoms with Crippen molar-refractivity contribution in [2.45, 2.75) is 10.8 Å². The molecule has 3 aromatic rings. The van der Waals surface area contributed by atoms with E-state index in [0.29, 0.717) is 17.7 Å². The molecule has 0 fully saturated rings. The zero-order chi connectivity index (χ0) is 15.7. The molecule has 0 saturated carbocycles. The van der Waals surface area contributed by atoms with Crippen molar-refractivity contribution in [3.05, 3.63) is 47.4 Å². The lowest BCUT2D eigenvalue weighted by molar-refractivity contribution is 0.600. The number of thiophene rings is 1. The summed E-state index contributed by atoms with van der Waals surface area (Å²) in [7, 11) is -3.69. The van der Waals surface area contributed by atoms with E-state index in [9.17, 15) is 12.8 Å². The van der Waals surface area contributed by atoms with Crippen LogP contribution in [0.1, 0.15) is 4.88 Å². The number of rotatable bonds is 4. The van der Waals surface area contributed by atoms with Gasteiger partial charge in [-0.25, -0.2) is 27.9 Å². The van der Waals surface area contributed by atoms with Gasteiger partial charge in [0.25, 0.3) is 0 Å². The molecule has 0 bridgehead atoms. The molecule has 3 rings (SSSR count). The van der Waals surface area contributed by atoms with Crippen LogP contribution >= 0.6 is 11.3 Å². The molecule has 9 heteroatoms. The minimum Gasteiger partial charge on any atom is -0.365 e. The maximum atomic E-state index is 13.7. The number of primary sulfonamides is 1. The smallest absolute Gasteiger partial charge is 0.247 e. The Morgan fingerprint density at radius 3 is 2.77 bits per heavy atom. The van der Waals surface area contributed by atoms with E-state index < -0.39 is 15.8 Å². The van der Waals surface area contributed by atoms with Crippen LogP contribution in [0.3, 0.4) is 0 Å². The molecule has 22 heavy (non-hydrogen) atoms. The van der Waals surface area contributed by atoms with Crippen molar-refractivity contribution < 1.29 is 12.8 Å². The fraction of sp³-hybridized carbons (Fsp3) is 0.0769. The predicted molar refractivity (Wildman–Crippen MR) is 82.5 cm³/mol. The molecule has 1 aromatic carbocycles. The average Bonchev–Trinajstić information content (AvgIpc) is 2.95. The molecule has 2 aromatic heterocycles. The van der Waals surface area contributed by atoms with E-state index in [1.54, 1.807) is 18.2 Å². The van der Waals surface area contributed by atoms with Gasteiger partial charge in [-0.05, 0) is 24.3 Å². The first kappa shape index (κ1) is 14.8. The maximum absolute atomic E-state index is 13.7. The second-order valence-electron chi connectivity index (χ2n) is 4.48. The summed E-state index contributed by atoms with van der Waals surface area (Å²) < 4.78 is 36.2. The van der Waals surface area contributed by atoms with Gasteiger partial charge >= 0.3 is 0 Å². The van der Waals surface area contributed by atoms with Crippen LogP contribution < -0.4 is 10.5 Å². The number of halogens is 1. The Balaban J connectivity index is 1.86. The number of aromatic nitrogens is 2. The molecule has 0 aliphatic carbocycles. The third-order valence-electron chi connectivity index (χ3n) is 2.96. The summed E-state index contributed by atoms with van der Waals surface area (Å²) >= 11 is 1.07. The first-order valence-corrected chi connectivity index (χ1v) is 8.56. The molecular weight excluding hydrogens is 327 g/mol. The van der Waals surface area contributed by atoms with Crippen LogP contribution in [-0.2, 0) is 16.6 Å². The fourth-order valence-electron chi connectivity index (χ4n) is 1.97. The van der Waals surface area contributed by atoms with E-state index in [1.807, 2.05) is 0 Å². The van der Waals surface area contributed by atoms with E-state index in [2.05, 4.69) is 15.3 Å². The fourth-order valence-corrected chi connectivity index (χ4v) is 3.69. The normalized spacial score (nSPS) is 11.7. The van der Waals surface area contributed by atoms with Crippen molar-refractivity contribution in [2.24, 2.45) is 5.14 Å². The predicted octanol–water partition coefficient (Wildman–Crippen LogP) is 2.09. The summed E-state index contributed by atoms with van der Waals surface area (Å²) in [4.78, 5) is 8.78. The van der Waals surface area contributed by atoms with Gasteiger partial charge in [-0.2, -0.15) is 0 Å². The van der Waals surface area contributed by atoms with E-state index in [0.717, 1.165) is 16.2 Å². The Bertz CT molecular complexity index is 940. The van der Waals surface area contributed by atoms with Crippen molar-refractivity contribution in [1.29, 1.82) is 0 Å². The Labute approximate surface area is 129 Å². The van der Waals surface area contributed by atoms with E-state index in [-0.39, 0.29) is 9.73 Å². The third kappa shape index (κ3) is 2.91. The monoisotopic (exact) mass is 338 g/mol. The number of hydrogen-bond donors (Lipinski definition) is 2. The highest BCUT2D eigenvalue weighted by molar-refractivity contribution is 7.91. The third-order valence-corrected chi connectivity index (χ3v) is 5.49. The number of anilines is 1. The number of nitrogens with zero attached hydrogens (tertiary/aromatic N) is 2. The second kappa shape index (κ2) is 5.59. The molecule has 0 aliphatic heterocycles. The van der Waals surface area contributed by atoms with Crippen LogP contribution in [-0.4, -0.2) is 18.4 Å². The lowest BCUT2D eigenvalue weighted by Gasteiger charge is -2.07. The topological polar surface area (TPSA) is 98.0 Å². The lowest BCUT2D eigenvalue weighted by atomic mass is 10.2. The molecule has 0 radical (unpaired) electrons. The van der Waals surface area contributed by atoms with Gasteiger partial charge in [0, 0.05) is 10.3 Å². The number of nitrogens with two attached hydrogens (primary N) is 1. The quantitative estimate of drug-likeness (QED) is 0.759. The number of sulfonamides is 1. The lowest BCUT2D eigenvalue weighted by Crippen LogP contribution is -2.09. The van der Waals surface area contributed by atoms with Crippen molar-refractivity contribution in [1.82, 2.24) is 9.97 Å². The molecule has 0 aliphatic rings. The number of fused-ring (bicyclic) bond motifs is 1. The van der Waals surface area contributed by atoms with E-state index >= 15 is 0 Å². The summed E-state index contributed by atoms with van der Waals surface area (Å²) in [5, 5.41) is 8.68. The van der Waals surface area contributed by atoms with Crippen molar-refractivity contribution in [2.75, 3.05) is 5.32 Å². The molecule has 0 amide bonds. The van der Waals surface area contributed by atoms with E-state index in [4.69, 9.17) is 5.14 Å². The molecule has 0 unspecified atom stereocenters. The van der Waals surface area contributed by atoms with Gasteiger partial charge in [-0.3, -0.25) is 0 Å². The largest absolute Gasteiger partial charge is 0.365 e. The molecule has 114 valence electrons. The first-order valence-electron chi connectivity index (χ1n) is 6.20. The first-order chi connectivity index (χ1) is 10.4. The highest BCUT2D eigenvalue weighted by atomic mass is 32.2. The number of para-hydroxylation sites is 1. The van der Waals surface area contributed by atoms with Gasteiger partial charge in [-0.15, -0.1) is 11.3 Å². The van der Waals surface area contributed by atoms with Crippen molar-refractivity contribution >= 4 is 38.1 Å². The molecular formula is C13H11FN4O2S2. The Kier molecular flexibility index (Phi) is 3.77. The Morgan fingerprint density at radius 2 is 2.05 bits per heavy atom. The summed E-state index contributed by atoms with van der Waals surface area (Å²) in [6.07, 6.45) is 1.28. The van der Waals surface area contributed by atoms with Crippen molar-refractivity contribution in [3.63, 3.8) is 0 Å².